The van der Waals surface area contributed by atoms with Gasteiger partial charge in [-0.1, -0.05) is 89.6 Å². The standard InChI is InChI=1S/C32H34ClN5O2/c33-28-13-7-12-27(22-28)31-34-29(40-35-31)23-36-16-14-26(15-17-36)32(39)38-20-18-37(19-21-38)30(24-8-3-1-4-9-24)25-10-5-2-6-11-25/h1-13,22,26,30H,14-21,23H2. The molecule has 2 fully saturated rings. The second-order valence-electron chi connectivity index (χ2n) is 10.7. The third-order valence-corrected chi connectivity index (χ3v) is 8.30. The molecule has 0 radical (unpaired) electrons. The van der Waals surface area contributed by atoms with Crippen molar-refractivity contribution in [2.45, 2.75) is 25.4 Å². The number of piperidine rings is 1. The maximum absolute atomic E-state index is 13.5. The smallest absolute Gasteiger partial charge is 0.241 e. The second-order valence-corrected chi connectivity index (χ2v) is 11.1. The molecule has 6 rings (SSSR count). The predicted molar refractivity (Wildman–Crippen MR) is 156 cm³/mol. The molecular weight excluding hydrogens is 522 g/mol. The summed E-state index contributed by atoms with van der Waals surface area (Å²) in [4.78, 5) is 24.9. The number of carbonyl (C=O) groups is 1. The van der Waals surface area contributed by atoms with E-state index in [4.69, 9.17) is 16.1 Å². The van der Waals surface area contributed by atoms with Crippen LogP contribution < -0.4 is 0 Å². The van der Waals surface area contributed by atoms with Crippen LogP contribution in [0.3, 0.4) is 0 Å². The molecule has 2 aliphatic heterocycles. The van der Waals surface area contributed by atoms with Gasteiger partial charge in [-0.3, -0.25) is 14.6 Å². The van der Waals surface area contributed by atoms with Gasteiger partial charge in [0.1, 0.15) is 0 Å². The lowest BCUT2D eigenvalue weighted by atomic mass is 9.94. The highest BCUT2D eigenvalue weighted by atomic mass is 35.5. The highest BCUT2D eigenvalue weighted by Crippen LogP contribution is 2.30. The topological polar surface area (TPSA) is 65.7 Å². The zero-order valence-electron chi connectivity index (χ0n) is 22.5. The van der Waals surface area contributed by atoms with Crippen LogP contribution in [0.25, 0.3) is 11.4 Å². The SMILES string of the molecule is O=C(C1CCN(Cc2nc(-c3cccc(Cl)c3)no2)CC1)N1CCN(C(c2ccccc2)c2ccccc2)CC1. The minimum Gasteiger partial charge on any atom is -0.340 e. The molecule has 0 spiro atoms. The number of hydrogen-bond acceptors (Lipinski definition) is 6. The third kappa shape index (κ3) is 6.12. The summed E-state index contributed by atoms with van der Waals surface area (Å²) in [7, 11) is 0. The summed E-state index contributed by atoms with van der Waals surface area (Å²) in [6.07, 6.45) is 1.70. The van der Waals surface area contributed by atoms with Crippen LogP contribution in [0, 0.1) is 5.92 Å². The van der Waals surface area contributed by atoms with Crippen molar-refractivity contribution in [3.05, 3.63) is 107 Å². The van der Waals surface area contributed by atoms with E-state index in [0.717, 1.165) is 57.7 Å². The number of rotatable bonds is 7. The molecule has 8 heteroatoms. The largest absolute Gasteiger partial charge is 0.340 e. The van der Waals surface area contributed by atoms with Crippen LogP contribution in [0.1, 0.15) is 35.9 Å². The minimum atomic E-state index is 0.0755. The first-order valence-electron chi connectivity index (χ1n) is 14.1. The first-order chi connectivity index (χ1) is 19.6. The van der Waals surface area contributed by atoms with Gasteiger partial charge in [0.15, 0.2) is 0 Å². The van der Waals surface area contributed by atoms with Gasteiger partial charge in [0.25, 0.3) is 0 Å². The summed E-state index contributed by atoms with van der Waals surface area (Å²) >= 11 is 6.10. The summed E-state index contributed by atoms with van der Waals surface area (Å²) < 4.78 is 5.50. The van der Waals surface area contributed by atoms with Gasteiger partial charge in [-0.25, -0.2) is 0 Å². The average Bonchev–Trinajstić information content (AvgIpc) is 3.47. The number of benzene rings is 3. The van der Waals surface area contributed by atoms with Crippen LogP contribution in [0.2, 0.25) is 5.02 Å². The molecule has 3 aromatic carbocycles. The average molecular weight is 556 g/mol. The molecule has 3 heterocycles. The molecule has 40 heavy (non-hydrogen) atoms. The molecule has 0 atom stereocenters. The summed E-state index contributed by atoms with van der Waals surface area (Å²) in [5.74, 6) is 1.51. The van der Waals surface area contributed by atoms with Crippen LogP contribution in [0.15, 0.2) is 89.5 Å². The Morgan fingerprint density at radius 1 is 0.850 bits per heavy atom. The first-order valence-corrected chi connectivity index (χ1v) is 14.5. The van der Waals surface area contributed by atoms with E-state index < -0.39 is 0 Å². The molecule has 206 valence electrons. The van der Waals surface area contributed by atoms with Gasteiger partial charge in [0.05, 0.1) is 12.6 Å². The van der Waals surface area contributed by atoms with E-state index in [1.807, 2.05) is 24.3 Å². The molecule has 0 N–H and O–H groups in total. The Balaban J connectivity index is 1.01. The van der Waals surface area contributed by atoms with E-state index in [9.17, 15) is 4.79 Å². The molecule has 1 aromatic heterocycles. The second kappa shape index (κ2) is 12.3. The van der Waals surface area contributed by atoms with Crippen molar-refractivity contribution in [2.24, 2.45) is 5.92 Å². The maximum Gasteiger partial charge on any atom is 0.241 e. The zero-order chi connectivity index (χ0) is 27.3. The van der Waals surface area contributed by atoms with Gasteiger partial charge < -0.3 is 9.42 Å². The Bertz CT molecular complexity index is 1360. The molecule has 1 amide bonds. The number of hydrogen-bond donors (Lipinski definition) is 0. The Morgan fingerprint density at radius 2 is 1.50 bits per heavy atom. The van der Waals surface area contributed by atoms with Crippen molar-refractivity contribution < 1.29 is 9.32 Å². The molecule has 0 saturated carbocycles. The van der Waals surface area contributed by atoms with Crippen molar-refractivity contribution in [1.82, 2.24) is 24.8 Å². The summed E-state index contributed by atoms with van der Waals surface area (Å²) in [5, 5.41) is 4.76. The maximum atomic E-state index is 13.5. The Kier molecular flexibility index (Phi) is 8.23. The Morgan fingerprint density at radius 3 is 2.12 bits per heavy atom. The minimum absolute atomic E-state index is 0.0755. The fourth-order valence-corrected chi connectivity index (χ4v) is 6.13. The molecule has 2 aliphatic rings. The van der Waals surface area contributed by atoms with Crippen LogP contribution in [0.4, 0.5) is 0 Å². The van der Waals surface area contributed by atoms with Crippen LogP contribution in [-0.2, 0) is 11.3 Å². The lowest BCUT2D eigenvalue weighted by molar-refractivity contribution is -0.139. The van der Waals surface area contributed by atoms with Gasteiger partial charge in [-0.15, -0.1) is 0 Å². The lowest BCUT2D eigenvalue weighted by Crippen LogP contribution is -2.52. The van der Waals surface area contributed by atoms with Gasteiger partial charge >= 0.3 is 0 Å². The summed E-state index contributed by atoms with van der Waals surface area (Å²) in [6, 6.07) is 29.0. The number of likely N-dealkylation sites (tertiary alicyclic amines) is 1. The number of carbonyl (C=O) groups excluding carboxylic acids is 1. The molecule has 7 nitrogen and oxygen atoms in total. The first kappa shape index (κ1) is 26.7. The Labute approximate surface area is 240 Å². The van der Waals surface area contributed by atoms with E-state index in [-0.39, 0.29) is 12.0 Å². The summed E-state index contributed by atoms with van der Waals surface area (Å²) in [5.41, 5.74) is 3.43. The van der Waals surface area contributed by atoms with Crippen LogP contribution in [-0.4, -0.2) is 70.0 Å². The van der Waals surface area contributed by atoms with Crippen LogP contribution >= 0.6 is 11.6 Å². The van der Waals surface area contributed by atoms with Crippen molar-refractivity contribution >= 4 is 17.5 Å². The normalized spacial score (nSPS) is 17.4. The van der Waals surface area contributed by atoms with Crippen LogP contribution in [0.5, 0.6) is 0 Å². The van der Waals surface area contributed by atoms with Crippen molar-refractivity contribution in [3.8, 4) is 11.4 Å². The van der Waals surface area contributed by atoms with E-state index >= 15 is 0 Å². The third-order valence-electron chi connectivity index (χ3n) is 8.07. The number of aromatic nitrogens is 2. The van der Waals surface area contributed by atoms with Gasteiger partial charge in [0, 0.05) is 42.7 Å². The molecular formula is C32H34ClN5O2. The fraction of sp³-hybridized carbons (Fsp3) is 0.344. The zero-order valence-corrected chi connectivity index (χ0v) is 23.3. The van der Waals surface area contributed by atoms with E-state index in [0.29, 0.717) is 29.2 Å². The van der Waals surface area contributed by atoms with Gasteiger partial charge in [-0.05, 0) is 49.2 Å². The van der Waals surface area contributed by atoms with E-state index in [1.165, 1.54) is 11.1 Å². The number of piperazine rings is 1. The summed E-state index contributed by atoms with van der Waals surface area (Å²) in [6.45, 7) is 5.54. The lowest BCUT2D eigenvalue weighted by Gasteiger charge is -2.41. The number of nitrogens with zero attached hydrogens (tertiary/aromatic N) is 5. The van der Waals surface area contributed by atoms with E-state index in [1.54, 1.807) is 0 Å². The molecule has 0 bridgehead atoms. The highest BCUT2D eigenvalue weighted by Gasteiger charge is 2.33. The van der Waals surface area contributed by atoms with Gasteiger partial charge in [-0.2, -0.15) is 4.98 Å². The highest BCUT2D eigenvalue weighted by molar-refractivity contribution is 6.30. The molecule has 0 unspecified atom stereocenters. The van der Waals surface area contributed by atoms with Crippen molar-refractivity contribution in [1.29, 1.82) is 0 Å². The fourth-order valence-electron chi connectivity index (χ4n) is 5.94. The van der Waals surface area contributed by atoms with E-state index in [2.05, 4.69) is 85.5 Å². The molecule has 4 aromatic rings. The molecule has 0 aliphatic carbocycles. The Hall–Kier alpha value is -3.52. The quantitative estimate of drug-likeness (QED) is 0.298. The number of halogens is 1. The monoisotopic (exact) mass is 555 g/mol. The van der Waals surface area contributed by atoms with Crippen molar-refractivity contribution in [3.63, 3.8) is 0 Å². The number of amides is 1. The predicted octanol–water partition coefficient (Wildman–Crippen LogP) is 5.54. The molecule has 2 saturated heterocycles. The van der Waals surface area contributed by atoms with Crippen molar-refractivity contribution in [2.75, 3.05) is 39.3 Å². The van der Waals surface area contributed by atoms with Gasteiger partial charge in [0.2, 0.25) is 17.6 Å².